The third kappa shape index (κ3) is 4.63. The van der Waals surface area contributed by atoms with Gasteiger partial charge in [-0.25, -0.2) is 9.97 Å². The molecule has 1 saturated heterocycles. The molecule has 0 atom stereocenters. The fourth-order valence-electron chi connectivity index (χ4n) is 3.86. The zero-order chi connectivity index (χ0) is 20.9. The van der Waals surface area contributed by atoms with Crippen LogP contribution in [0, 0.1) is 11.3 Å². The summed E-state index contributed by atoms with van der Waals surface area (Å²) in [4.78, 5) is 23.0. The predicted molar refractivity (Wildman–Crippen MR) is 111 cm³/mol. The van der Waals surface area contributed by atoms with Crippen LogP contribution in [-0.4, -0.2) is 56.1 Å². The number of hydrogen-bond donors (Lipinski definition) is 3. The molecule has 3 heterocycles. The molecule has 10 nitrogen and oxygen atoms in total. The van der Waals surface area contributed by atoms with Gasteiger partial charge in [-0.2, -0.15) is 5.26 Å². The van der Waals surface area contributed by atoms with Gasteiger partial charge in [0.05, 0.1) is 18.1 Å². The number of carbonyl (C=O) groups excluding carboxylic acids is 1. The molecule has 0 bridgehead atoms. The lowest BCUT2D eigenvalue weighted by Crippen LogP contribution is -2.34. The first-order valence-corrected chi connectivity index (χ1v) is 10.3. The van der Waals surface area contributed by atoms with Crippen LogP contribution in [0.3, 0.4) is 0 Å². The van der Waals surface area contributed by atoms with Crippen LogP contribution in [0.2, 0.25) is 0 Å². The highest BCUT2D eigenvalue weighted by Crippen LogP contribution is 2.26. The molecule has 4 rings (SSSR count). The number of likely N-dealkylation sites (tertiary alicyclic amines) is 1. The smallest absolute Gasteiger partial charge is 0.276 e. The van der Waals surface area contributed by atoms with E-state index in [0.29, 0.717) is 23.0 Å². The van der Waals surface area contributed by atoms with Gasteiger partial charge in [-0.15, -0.1) is 10.2 Å². The lowest BCUT2D eigenvalue weighted by Gasteiger charge is -2.28. The van der Waals surface area contributed by atoms with E-state index in [2.05, 4.69) is 30.8 Å². The lowest BCUT2D eigenvalue weighted by molar-refractivity contribution is 0.0787. The van der Waals surface area contributed by atoms with Gasteiger partial charge in [-0.1, -0.05) is 0 Å². The summed E-state index contributed by atoms with van der Waals surface area (Å²) in [7, 11) is 0. The second-order valence-electron chi connectivity index (χ2n) is 7.77. The minimum Gasteiger partial charge on any atom is -0.380 e. The number of anilines is 3. The Hall–Kier alpha value is -3.32. The van der Waals surface area contributed by atoms with E-state index in [1.807, 2.05) is 11.0 Å². The molecule has 30 heavy (non-hydrogen) atoms. The van der Waals surface area contributed by atoms with Crippen LogP contribution in [-0.2, 0) is 0 Å². The molecule has 2 aromatic rings. The summed E-state index contributed by atoms with van der Waals surface area (Å²) in [6, 6.07) is 4.20. The zero-order valence-corrected chi connectivity index (χ0v) is 16.7. The van der Waals surface area contributed by atoms with Crippen molar-refractivity contribution in [2.45, 2.75) is 50.6 Å². The summed E-state index contributed by atoms with van der Waals surface area (Å²) in [5, 5.41) is 23.8. The molecule has 2 aromatic heterocycles. The first-order chi connectivity index (χ1) is 14.6. The normalized spacial score (nSPS) is 21.1. The first-order valence-electron chi connectivity index (χ1n) is 10.3. The van der Waals surface area contributed by atoms with E-state index in [1.54, 1.807) is 6.07 Å². The Balaban J connectivity index is 1.57. The number of amides is 1. The number of nitrogens with one attached hydrogen (secondary N) is 2. The molecule has 1 aliphatic carbocycles. The quantitative estimate of drug-likeness (QED) is 0.675. The van der Waals surface area contributed by atoms with Crippen molar-refractivity contribution in [1.82, 2.24) is 25.1 Å². The Morgan fingerprint density at radius 1 is 1.10 bits per heavy atom. The highest BCUT2D eigenvalue weighted by atomic mass is 16.2. The lowest BCUT2D eigenvalue weighted by atomic mass is 9.91. The van der Waals surface area contributed by atoms with Crippen LogP contribution in [0.5, 0.6) is 0 Å². The summed E-state index contributed by atoms with van der Waals surface area (Å²) in [5.74, 6) is 0.790. The van der Waals surface area contributed by atoms with Gasteiger partial charge in [-0.05, 0) is 38.5 Å². The van der Waals surface area contributed by atoms with Crippen LogP contribution >= 0.6 is 0 Å². The van der Waals surface area contributed by atoms with Gasteiger partial charge in [0.15, 0.2) is 17.2 Å². The van der Waals surface area contributed by atoms with Crippen molar-refractivity contribution in [3.8, 4) is 6.07 Å². The van der Waals surface area contributed by atoms with Crippen LogP contribution in [0.15, 0.2) is 18.5 Å². The molecule has 2 aliphatic rings. The predicted octanol–water partition coefficient (Wildman–Crippen LogP) is 1.80. The number of nitrogens with two attached hydrogens (primary N) is 1. The average molecular weight is 407 g/mol. The molecule has 1 aliphatic heterocycles. The van der Waals surface area contributed by atoms with Gasteiger partial charge in [0.2, 0.25) is 0 Å². The van der Waals surface area contributed by atoms with Gasteiger partial charge in [0.1, 0.15) is 11.9 Å². The molecule has 0 unspecified atom stereocenters. The van der Waals surface area contributed by atoms with Crippen molar-refractivity contribution in [2.24, 2.45) is 5.73 Å². The average Bonchev–Trinajstić information content (AvgIpc) is 3.31. The van der Waals surface area contributed by atoms with Gasteiger partial charge < -0.3 is 21.3 Å². The summed E-state index contributed by atoms with van der Waals surface area (Å²) in [6.07, 6.45) is 8.67. The molecule has 4 N–H and O–H groups in total. The zero-order valence-electron chi connectivity index (χ0n) is 16.7. The molecule has 1 saturated carbocycles. The topological polar surface area (TPSA) is 146 Å². The highest BCUT2D eigenvalue weighted by Gasteiger charge is 2.26. The van der Waals surface area contributed by atoms with E-state index in [1.165, 1.54) is 12.4 Å². The molecule has 0 radical (unpaired) electrons. The number of carbonyl (C=O) groups is 1. The number of rotatable bonds is 5. The summed E-state index contributed by atoms with van der Waals surface area (Å²) >= 11 is 0. The van der Waals surface area contributed by atoms with Gasteiger partial charge in [0, 0.05) is 31.2 Å². The Labute approximate surface area is 174 Å². The SMILES string of the molecule is N#Cc1cnc(Nc2cc(NC3CCC(N)CC3)c(C(=O)N3CCCC3)nn2)cn1. The molecule has 0 aromatic carbocycles. The van der Waals surface area contributed by atoms with E-state index in [-0.39, 0.29) is 23.7 Å². The van der Waals surface area contributed by atoms with E-state index in [0.717, 1.165) is 51.6 Å². The van der Waals surface area contributed by atoms with Crippen LogP contribution in [0.4, 0.5) is 17.3 Å². The molecular weight excluding hydrogens is 382 g/mol. The minimum atomic E-state index is -0.0975. The number of nitriles is 1. The first kappa shape index (κ1) is 20.0. The summed E-state index contributed by atoms with van der Waals surface area (Å²) in [5.41, 5.74) is 7.26. The van der Waals surface area contributed by atoms with Crippen molar-refractivity contribution in [3.63, 3.8) is 0 Å². The Kier molecular flexibility index (Phi) is 5.99. The maximum Gasteiger partial charge on any atom is 0.276 e. The third-order valence-electron chi connectivity index (χ3n) is 5.54. The van der Waals surface area contributed by atoms with Crippen molar-refractivity contribution < 1.29 is 4.79 Å². The minimum absolute atomic E-state index is 0.0975. The Morgan fingerprint density at radius 2 is 1.87 bits per heavy atom. The van der Waals surface area contributed by atoms with Gasteiger partial charge in [0.25, 0.3) is 5.91 Å². The van der Waals surface area contributed by atoms with Crippen LogP contribution in [0.25, 0.3) is 0 Å². The van der Waals surface area contributed by atoms with E-state index >= 15 is 0 Å². The van der Waals surface area contributed by atoms with Crippen LogP contribution in [0.1, 0.15) is 54.7 Å². The monoisotopic (exact) mass is 407 g/mol. The van der Waals surface area contributed by atoms with Crippen molar-refractivity contribution in [3.05, 3.63) is 29.8 Å². The Bertz CT molecular complexity index is 926. The van der Waals surface area contributed by atoms with Crippen molar-refractivity contribution >= 4 is 23.2 Å². The molecule has 10 heteroatoms. The van der Waals surface area contributed by atoms with E-state index in [9.17, 15) is 4.79 Å². The maximum absolute atomic E-state index is 13.0. The van der Waals surface area contributed by atoms with Crippen molar-refractivity contribution in [2.75, 3.05) is 23.7 Å². The molecule has 156 valence electrons. The highest BCUT2D eigenvalue weighted by molar-refractivity contribution is 5.98. The van der Waals surface area contributed by atoms with Gasteiger partial charge >= 0.3 is 0 Å². The van der Waals surface area contributed by atoms with E-state index in [4.69, 9.17) is 11.0 Å². The number of nitrogens with zero attached hydrogens (tertiary/aromatic N) is 6. The second-order valence-corrected chi connectivity index (χ2v) is 7.77. The number of aromatic nitrogens is 4. The molecule has 1 amide bonds. The molecule has 2 fully saturated rings. The van der Waals surface area contributed by atoms with E-state index < -0.39 is 0 Å². The largest absolute Gasteiger partial charge is 0.380 e. The standard InChI is InChI=1S/C20H25N9O/c21-10-15-11-24-18(12-23-15)26-17-9-16(25-14-5-3-13(22)4-6-14)19(28-27-17)20(30)29-7-1-2-8-29/h9,11-14H,1-8,22H2,(H2,24,25,26,27). The Morgan fingerprint density at radius 3 is 2.53 bits per heavy atom. The second kappa shape index (κ2) is 9.00. The van der Waals surface area contributed by atoms with Crippen LogP contribution < -0.4 is 16.4 Å². The molecular formula is C20H25N9O. The maximum atomic E-state index is 13.0. The summed E-state index contributed by atoms with van der Waals surface area (Å²) < 4.78 is 0. The van der Waals surface area contributed by atoms with Crippen molar-refractivity contribution in [1.29, 1.82) is 5.26 Å². The number of hydrogen-bond acceptors (Lipinski definition) is 9. The van der Waals surface area contributed by atoms with Gasteiger partial charge in [-0.3, -0.25) is 4.79 Å². The molecule has 0 spiro atoms. The summed E-state index contributed by atoms with van der Waals surface area (Å²) in [6.45, 7) is 1.50. The third-order valence-corrected chi connectivity index (χ3v) is 5.54. The fraction of sp³-hybridized carbons (Fsp3) is 0.500. The fourth-order valence-corrected chi connectivity index (χ4v) is 3.86.